The molecule has 0 spiro atoms. The Balaban J connectivity index is 2.27. The monoisotopic (exact) mass is 155 g/mol. The molecule has 0 saturated carbocycles. The second kappa shape index (κ2) is 2.40. The highest BCUT2D eigenvalue weighted by Crippen LogP contribution is 2.24. The first-order valence-electron chi connectivity index (χ1n) is 3.61. The van der Waals surface area contributed by atoms with E-state index in [4.69, 9.17) is 11.6 Å². The summed E-state index contributed by atoms with van der Waals surface area (Å²) in [5.41, 5.74) is 2.86. The Bertz CT molecular complexity index is 205. The molecule has 0 radical (unpaired) electrons. The highest BCUT2D eigenvalue weighted by Gasteiger charge is 2.17. The molecule has 2 rings (SSSR count). The van der Waals surface area contributed by atoms with Crippen LogP contribution in [0.25, 0.3) is 0 Å². The Morgan fingerprint density at radius 2 is 2.20 bits per heavy atom. The van der Waals surface area contributed by atoms with Gasteiger partial charge in [-0.1, -0.05) is 12.2 Å². The van der Waals surface area contributed by atoms with Gasteiger partial charge in [-0.2, -0.15) is 0 Å². The molecule has 1 nitrogen and oxygen atoms in total. The van der Waals surface area contributed by atoms with Gasteiger partial charge in [0.05, 0.1) is 5.38 Å². The molecule has 2 aliphatic rings. The van der Waals surface area contributed by atoms with Crippen LogP contribution in [0.1, 0.15) is 6.42 Å². The maximum absolute atomic E-state index is 5.93. The average Bonchev–Trinajstić information content (AvgIpc) is 2.33. The Kier molecular flexibility index (Phi) is 1.55. The lowest BCUT2D eigenvalue weighted by atomic mass is 10.0. The molecule has 0 aromatic carbocycles. The highest BCUT2D eigenvalue weighted by molar-refractivity contribution is 6.22. The van der Waals surface area contributed by atoms with Gasteiger partial charge in [-0.15, -0.1) is 11.6 Å². The molecular weight excluding hydrogens is 146 g/mol. The third kappa shape index (κ3) is 0.998. The fourth-order valence-corrected chi connectivity index (χ4v) is 1.71. The Morgan fingerprint density at radius 3 is 3.10 bits per heavy atom. The first kappa shape index (κ1) is 6.44. The van der Waals surface area contributed by atoms with E-state index in [1.807, 2.05) is 0 Å². The minimum absolute atomic E-state index is 0.235. The van der Waals surface area contributed by atoms with Crippen molar-refractivity contribution >= 4 is 11.6 Å². The van der Waals surface area contributed by atoms with Gasteiger partial charge in [0.2, 0.25) is 0 Å². The molecule has 0 aromatic rings. The maximum Gasteiger partial charge on any atom is 0.0556 e. The maximum atomic E-state index is 5.93. The van der Waals surface area contributed by atoms with Crippen molar-refractivity contribution in [3.8, 4) is 0 Å². The summed E-state index contributed by atoms with van der Waals surface area (Å²) < 4.78 is 0. The number of alkyl halides is 1. The molecule has 54 valence electrons. The van der Waals surface area contributed by atoms with E-state index < -0.39 is 0 Å². The molecule has 0 aromatic heterocycles. The lowest BCUT2D eigenvalue weighted by molar-refractivity contribution is 0.895. The van der Waals surface area contributed by atoms with Crippen molar-refractivity contribution < 1.29 is 0 Å². The summed E-state index contributed by atoms with van der Waals surface area (Å²) in [5.74, 6) is 0. The van der Waals surface area contributed by atoms with Crippen molar-refractivity contribution in [3.63, 3.8) is 0 Å². The van der Waals surface area contributed by atoms with E-state index in [1.165, 1.54) is 11.1 Å². The number of halogens is 1. The van der Waals surface area contributed by atoms with Gasteiger partial charge in [-0.25, -0.2) is 0 Å². The summed E-state index contributed by atoms with van der Waals surface area (Å²) in [5, 5.41) is 3.52. The van der Waals surface area contributed by atoms with Crippen LogP contribution in [0.15, 0.2) is 23.3 Å². The zero-order valence-electron chi connectivity index (χ0n) is 5.73. The van der Waals surface area contributed by atoms with E-state index in [2.05, 4.69) is 17.5 Å². The quantitative estimate of drug-likeness (QED) is 0.523. The number of hydrogen-bond donors (Lipinski definition) is 1. The van der Waals surface area contributed by atoms with E-state index >= 15 is 0 Å². The van der Waals surface area contributed by atoms with Crippen LogP contribution in [0.5, 0.6) is 0 Å². The molecule has 0 bridgehead atoms. The highest BCUT2D eigenvalue weighted by atomic mass is 35.5. The molecule has 1 fully saturated rings. The van der Waals surface area contributed by atoms with E-state index in [9.17, 15) is 0 Å². The van der Waals surface area contributed by atoms with Crippen LogP contribution >= 0.6 is 11.6 Å². The number of hydrogen-bond acceptors (Lipinski definition) is 1. The van der Waals surface area contributed by atoms with Crippen LogP contribution in [-0.4, -0.2) is 18.5 Å². The fourth-order valence-electron chi connectivity index (χ4n) is 1.47. The van der Waals surface area contributed by atoms with E-state index in [-0.39, 0.29) is 5.38 Å². The second-order valence-corrected chi connectivity index (χ2v) is 3.34. The minimum atomic E-state index is 0.235. The van der Waals surface area contributed by atoms with Crippen LogP contribution in [0.3, 0.4) is 0 Å². The molecule has 1 heterocycles. The molecule has 1 saturated heterocycles. The predicted molar refractivity (Wildman–Crippen MR) is 43.3 cm³/mol. The van der Waals surface area contributed by atoms with Gasteiger partial charge in [0.25, 0.3) is 0 Å². The summed E-state index contributed by atoms with van der Waals surface area (Å²) in [6.45, 7) is 2.05. The largest absolute Gasteiger partial charge is 0.309 e. The topological polar surface area (TPSA) is 12.0 Å². The van der Waals surface area contributed by atoms with Gasteiger partial charge < -0.3 is 5.32 Å². The summed E-state index contributed by atoms with van der Waals surface area (Å²) in [4.78, 5) is 0. The predicted octanol–water partition coefficient (Wildman–Crippen LogP) is 1.45. The Hall–Kier alpha value is -0.270. The summed E-state index contributed by atoms with van der Waals surface area (Å²) in [6, 6.07) is 0. The van der Waals surface area contributed by atoms with Gasteiger partial charge in [0.1, 0.15) is 0 Å². The Morgan fingerprint density at radius 1 is 1.40 bits per heavy atom. The third-order valence-corrected chi connectivity index (χ3v) is 2.32. The van der Waals surface area contributed by atoms with Crippen molar-refractivity contribution in [1.29, 1.82) is 0 Å². The standard InChI is InChI=1S/C8H10ClN/c9-8-2-1-6-4-10-5-7(6)3-8/h1,3,8,10H,2,4-5H2. The van der Waals surface area contributed by atoms with Crippen molar-refractivity contribution in [2.45, 2.75) is 11.8 Å². The van der Waals surface area contributed by atoms with Crippen molar-refractivity contribution in [1.82, 2.24) is 5.32 Å². The Labute approximate surface area is 65.8 Å². The first-order valence-corrected chi connectivity index (χ1v) is 4.05. The minimum Gasteiger partial charge on any atom is -0.309 e. The van der Waals surface area contributed by atoms with Crippen molar-refractivity contribution in [2.24, 2.45) is 0 Å². The van der Waals surface area contributed by atoms with E-state index in [1.54, 1.807) is 0 Å². The van der Waals surface area contributed by atoms with Crippen LogP contribution in [-0.2, 0) is 0 Å². The van der Waals surface area contributed by atoms with Gasteiger partial charge in [0, 0.05) is 13.1 Å². The molecule has 10 heavy (non-hydrogen) atoms. The first-order chi connectivity index (χ1) is 4.86. The summed E-state index contributed by atoms with van der Waals surface area (Å²) in [7, 11) is 0. The van der Waals surface area contributed by atoms with Gasteiger partial charge >= 0.3 is 0 Å². The number of nitrogens with one attached hydrogen (secondary N) is 1. The lowest BCUT2D eigenvalue weighted by Crippen LogP contribution is -2.04. The van der Waals surface area contributed by atoms with Crippen LogP contribution < -0.4 is 5.32 Å². The molecule has 2 heteroatoms. The van der Waals surface area contributed by atoms with Crippen LogP contribution in [0, 0.1) is 0 Å². The number of allylic oxidation sites excluding steroid dienone is 2. The summed E-state index contributed by atoms with van der Waals surface area (Å²) in [6.07, 6.45) is 5.41. The zero-order valence-corrected chi connectivity index (χ0v) is 6.49. The van der Waals surface area contributed by atoms with Crippen LogP contribution in [0.2, 0.25) is 0 Å². The SMILES string of the molecule is ClC1C=C2CNCC2=CC1. The number of rotatable bonds is 0. The molecule has 0 amide bonds. The molecule has 1 atom stereocenters. The van der Waals surface area contributed by atoms with Crippen molar-refractivity contribution in [3.05, 3.63) is 23.3 Å². The summed E-state index contributed by atoms with van der Waals surface area (Å²) >= 11 is 5.93. The molecule has 1 aliphatic carbocycles. The third-order valence-electron chi connectivity index (χ3n) is 2.01. The molecule has 1 aliphatic heterocycles. The van der Waals surface area contributed by atoms with Gasteiger partial charge in [-0.3, -0.25) is 0 Å². The van der Waals surface area contributed by atoms with Gasteiger partial charge in [0.15, 0.2) is 0 Å². The number of fused-ring (bicyclic) bond motifs is 1. The lowest BCUT2D eigenvalue weighted by Gasteiger charge is -2.10. The molecular formula is C8H10ClN. The normalized spacial score (nSPS) is 31.1. The molecule has 1 N–H and O–H groups in total. The van der Waals surface area contributed by atoms with Crippen molar-refractivity contribution in [2.75, 3.05) is 13.1 Å². The fraction of sp³-hybridized carbons (Fsp3) is 0.500. The smallest absolute Gasteiger partial charge is 0.0556 e. The van der Waals surface area contributed by atoms with Crippen LogP contribution in [0.4, 0.5) is 0 Å². The van der Waals surface area contributed by atoms with E-state index in [0.717, 1.165) is 19.5 Å². The zero-order chi connectivity index (χ0) is 6.97. The average molecular weight is 156 g/mol. The second-order valence-electron chi connectivity index (χ2n) is 2.78. The molecule has 1 unspecified atom stereocenters. The van der Waals surface area contributed by atoms with E-state index in [0.29, 0.717) is 0 Å². The van der Waals surface area contributed by atoms with Gasteiger partial charge in [-0.05, 0) is 17.6 Å².